The number of Topliss-reactive ketones (excluding diaryl/α,β-unsaturated/α-hetero) is 1. The Balaban J connectivity index is 3.03. The van der Waals surface area contributed by atoms with Crippen LogP contribution in [0.4, 0.5) is 8.78 Å². The van der Waals surface area contributed by atoms with Gasteiger partial charge in [0.15, 0.2) is 0 Å². The van der Waals surface area contributed by atoms with Crippen molar-refractivity contribution in [1.82, 2.24) is 0 Å². The highest BCUT2D eigenvalue weighted by molar-refractivity contribution is 9.09. The first-order valence-corrected chi connectivity index (χ1v) is 4.11. The summed E-state index contributed by atoms with van der Waals surface area (Å²) in [5.74, 6) is -1.60. The molecule has 1 atom stereocenters. The minimum Gasteiger partial charge on any atom is -0.290 e. The Morgan fingerprint density at radius 1 is 1.42 bits per heavy atom. The molecule has 1 nitrogen and oxygen atoms in total. The van der Waals surface area contributed by atoms with E-state index in [0.717, 1.165) is 6.07 Å². The molecule has 0 bridgehead atoms. The highest BCUT2D eigenvalue weighted by Gasteiger charge is 2.18. The maximum Gasteiger partial charge on any atom is 0.217 e. The van der Waals surface area contributed by atoms with Crippen molar-refractivity contribution in [1.29, 1.82) is 0 Å². The van der Waals surface area contributed by atoms with Crippen LogP contribution >= 0.6 is 15.9 Å². The third-order valence-electron chi connectivity index (χ3n) is 1.34. The minimum atomic E-state index is -1.84. The molecule has 0 aromatic heterocycles. The molecule has 0 fully saturated rings. The van der Waals surface area contributed by atoms with Gasteiger partial charge < -0.3 is 0 Å². The summed E-state index contributed by atoms with van der Waals surface area (Å²) in [6.45, 7) is 0. The second-order valence-corrected chi connectivity index (χ2v) is 2.95. The van der Waals surface area contributed by atoms with Crippen molar-refractivity contribution >= 4 is 21.7 Å². The summed E-state index contributed by atoms with van der Waals surface area (Å²) in [7, 11) is 0. The van der Waals surface area contributed by atoms with Crippen molar-refractivity contribution in [2.24, 2.45) is 0 Å². The maximum absolute atomic E-state index is 12.8. The Labute approximate surface area is 76.5 Å². The molecule has 0 aliphatic carbocycles. The highest BCUT2D eigenvalue weighted by Crippen LogP contribution is 2.14. The van der Waals surface area contributed by atoms with E-state index >= 15 is 0 Å². The quantitative estimate of drug-likeness (QED) is 0.568. The number of hydrogen-bond acceptors (Lipinski definition) is 1. The molecule has 0 aliphatic rings. The van der Waals surface area contributed by atoms with Crippen molar-refractivity contribution in [2.75, 3.05) is 0 Å². The van der Waals surface area contributed by atoms with Crippen LogP contribution in [0, 0.1) is 5.82 Å². The van der Waals surface area contributed by atoms with E-state index in [1.807, 2.05) is 0 Å². The molecule has 0 spiro atoms. The van der Waals surface area contributed by atoms with E-state index in [9.17, 15) is 13.6 Å². The first-order valence-electron chi connectivity index (χ1n) is 3.20. The lowest BCUT2D eigenvalue weighted by Crippen LogP contribution is -2.10. The maximum atomic E-state index is 12.8. The second kappa shape index (κ2) is 3.76. The standard InChI is InChI=1S/C8H5BrF2O/c9-8(11)7(12)5-3-1-2-4-6(5)10/h1-4,8H. The van der Waals surface area contributed by atoms with Gasteiger partial charge in [-0.2, -0.15) is 0 Å². The molecular weight excluding hydrogens is 230 g/mol. The second-order valence-electron chi connectivity index (χ2n) is 2.14. The molecule has 1 unspecified atom stereocenters. The zero-order valence-corrected chi connectivity index (χ0v) is 7.51. The third kappa shape index (κ3) is 1.88. The third-order valence-corrected chi connectivity index (χ3v) is 1.75. The molecule has 4 heteroatoms. The zero-order chi connectivity index (χ0) is 9.14. The first-order chi connectivity index (χ1) is 5.63. The van der Waals surface area contributed by atoms with Crippen LogP contribution in [-0.2, 0) is 0 Å². The smallest absolute Gasteiger partial charge is 0.217 e. The van der Waals surface area contributed by atoms with Gasteiger partial charge in [0.1, 0.15) is 5.82 Å². The molecule has 0 saturated carbocycles. The van der Waals surface area contributed by atoms with Gasteiger partial charge in [0.25, 0.3) is 0 Å². The number of halogens is 3. The van der Waals surface area contributed by atoms with E-state index in [-0.39, 0.29) is 5.56 Å². The summed E-state index contributed by atoms with van der Waals surface area (Å²) in [6.07, 6.45) is 0. The fraction of sp³-hybridized carbons (Fsp3) is 0.125. The van der Waals surface area contributed by atoms with Crippen LogP contribution in [-0.4, -0.2) is 10.9 Å². The van der Waals surface area contributed by atoms with Crippen LogP contribution in [0.5, 0.6) is 0 Å². The molecule has 0 saturated heterocycles. The van der Waals surface area contributed by atoms with Crippen molar-refractivity contribution in [3.8, 4) is 0 Å². The van der Waals surface area contributed by atoms with Crippen LogP contribution in [0.15, 0.2) is 24.3 Å². The summed E-state index contributed by atoms with van der Waals surface area (Å²) in [5, 5.41) is -1.84. The van der Waals surface area contributed by atoms with E-state index in [4.69, 9.17) is 0 Å². The number of alkyl halides is 2. The van der Waals surface area contributed by atoms with Crippen LogP contribution in [0.25, 0.3) is 0 Å². The van der Waals surface area contributed by atoms with Gasteiger partial charge >= 0.3 is 0 Å². The number of benzene rings is 1. The Hall–Kier alpha value is -0.770. The number of carbonyl (C=O) groups excluding carboxylic acids is 1. The van der Waals surface area contributed by atoms with Gasteiger partial charge in [0.2, 0.25) is 10.9 Å². The molecular formula is C8H5BrF2O. The van der Waals surface area contributed by atoms with Gasteiger partial charge in [-0.25, -0.2) is 8.78 Å². The molecule has 12 heavy (non-hydrogen) atoms. The predicted octanol–water partition coefficient (Wildman–Crippen LogP) is 2.70. The molecule has 1 aromatic carbocycles. The van der Waals surface area contributed by atoms with Gasteiger partial charge in [-0.3, -0.25) is 4.79 Å². The lowest BCUT2D eigenvalue weighted by atomic mass is 10.1. The van der Waals surface area contributed by atoms with Gasteiger partial charge in [-0.05, 0) is 28.1 Å². The van der Waals surface area contributed by atoms with Gasteiger partial charge in [-0.1, -0.05) is 12.1 Å². The highest BCUT2D eigenvalue weighted by atomic mass is 79.9. The number of carbonyl (C=O) groups is 1. The summed E-state index contributed by atoms with van der Waals surface area (Å²) in [4.78, 5) is 10.9. The average Bonchev–Trinajstić information content (AvgIpc) is 2.04. The topological polar surface area (TPSA) is 17.1 Å². The number of hydrogen-bond donors (Lipinski definition) is 0. The van der Waals surface area contributed by atoms with Crippen molar-refractivity contribution < 1.29 is 13.6 Å². The fourth-order valence-electron chi connectivity index (χ4n) is 0.779. The van der Waals surface area contributed by atoms with E-state index in [2.05, 4.69) is 15.9 Å². The molecule has 0 N–H and O–H groups in total. The van der Waals surface area contributed by atoms with Crippen molar-refractivity contribution in [2.45, 2.75) is 5.08 Å². The molecule has 0 amide bonds. The molecule has 1 rings (SSSR count). The predicted molar refractivity (Wildman–Crippen MR) is 44.6 cm³/mol. The first kappa shape index (κ1) is 9.32. The zero-order valence-electron chi connectivity index (χ0n) is 5.93. The Morgan fingerprint density at radius 2 is 2.00 bits per heavy atom. The number of ketones is 1. The van der Waals surface area contributed by atoms with Gasteiger partial charge in [0, 0.05) is 0 Å². The number of rotatable bonds is 2. The van der Waals surface area contributed by atoms with Crippen LogP contribution in [0.1, 0.15) is 10.4 Å². The van der Waals surface area contributed by atoms with E-state index in [0.29, 0.717) is 0 Å². The van der Waals surface area contributed by atoms with E-state index in [1.165, 1.54) is 18.2 Å². The molecule has 0 heterocycles. The fourth-order valence-corrected chi connectivity index (χ4v) is 1.03. The molecule has 0 radical (unpaired) electrons. The van der Waals surface area contributed by atoms with Crippen molar-refractivity contribution in [3.05, 3.63) is 35.6 Å². The summed E-state index contributed by atoms with van der Waals surface area (Å²) >= 11 is 2.43. The van der Waals surface area contributed by atoms with E-state index in [1.54, 1.807) is 0 Å². The van der Waals surface area contributed by atoms with Crippen LogP contribution in [0.2, 0.25) is 0 Å². The summed E-state index contributed by atoms with van der Waals surface area (Å²) < 4.78 is 25.2. The molecule has 1 aromatic rings. The Morgan fingerprint density at radius 3 is 2.50 bits per heavy atom. The van der Waals surface area contributed by atoms with Gasteiger partial charge in [-0.15, -0.1) is 0 Å². The monoisotopic (exact) mass is 234 g/mol. The average molecular weight is 235 g/mol. The Bertz CT molecular complexity index is 299. The van der Waals surface area contributed by atoms with Crippen LogP contribution in [0.3, 0.4) is 0 Å². The summed E-state index contributed by atoms with van der Waals surface area (Å²) in [5.41, 5.74) is -0.234. The van der Waals surface area contributed by atoms with Gasteiger partial charge in [0.05, 0.1) is 5.56 Å². The SMILES string of the molecule is O=C(c1ccccc1F)C(F)Br. The molecule has 64 valence electrons. The van der Waals surface area contributed by atoms with E-state index < -0.39 is 16.7 Å². The lowest BCUT2D eigenvalue weighted by molar-refractivity contribution is 0.0938. The largest absolute Gasteiger partial charge is 0.290 e. The lowest BCUT2D eigenvalue weighted by Gasteiger charge is -2.00. The Kier molecular flexibility index (Phi) is 2.92. The van der Waals surface area contributed by atoms with Crippen molar-refractivity contribution in [3.63, 3.8) is 0 Å². The molecule has 0 aliphatic heterocycles. The summed E-state index contributed by atoms with van der Waals surface area (Å²) in [6, 6.07) is 5.27. The van der Waals surface area contributed by atoms with Crippen LogP contribution < -0.4 is 0 Å². The normalized spacial score (nSPS) is 12.6. The minimum absolute atomic E-state index is 0.234.